The van der Waals surface area contributed by atoms with Crippen LogP contribution in [0.4, 0.5) is 32.0 Å². The van der Waals surface area contributed by atoms with Crippen molar-refractivity contribution >= 4 is 23.4 Å². The highest BCUT2D eigenvalue weighted by Gasteiger charge is 2.46. The number of carbonyl (C=O) groups excluding carboxylic acids is 1. The van der Waals surface area contributed by atoms with E-state index >= 15 is 0 Å². The SMILES string of the molecule is O=C(CCc1ccc(Sc2cccc(NCc3ccccc3)c2)c(C(F)(F)F)c1C(F)(F)F)N1CCOCC1. The third-order valence-corrected chi connectivity index (χ3v) is 7.24. The minimum Gasteiger partial charge on any atom is -0.381 e. The molecule has 39 heavy (non-hydrogen) atoms. The number of ether oxygens (including phenoxy) is 1. The average molecular weight is 569 g/mol. The molecule has 1 heterocycles. The molecule has 0 atom stereocenters. The molecule has 0 saturated carbocycles. The zero-order chi connectivity index (χ0) is 28.0. The molecular weight excluding hydrogens is 542 g/mol. The number of benzene rings is 3. The quantitative estimate of drug-likeness (QED) is 0.290. The molecule has 11 heteroatoms. The molecule has 0 aromatic heterocycles. The lowest BCUT2D eigenvalue weighted by Gasteiger charge is -2.27. The predicted octanol–water partition coefficient (Wildman–Crippen LogP) is 7.28. The number of nitrogens with one attached hydrogen (secondary N) is 1. The Morgan fingerprint density at radius 1 is 0.872 bits per heavy atom. The van der Waals surface area contributed by atoms with Crippen LogP contribution in [0, 0.1) is 0 Å². The van der Waals surface area contributed by atoms with Crippen LogP contribution in [0.3, 0.4) is 0 Å². The van der Waals surface area contributed by atoms with Crippen molar-refractivity contribution in [1.29, 1.82) is 0 Å². The van der Waals surface area contributed by atoms with Gasteiger partial charge in [-0.3, -0.25) is 4.79 Å². The fraction of sp³-hybridized carbons (Fsp3) is 0.321. The van der Waals surface area contributed by atoms with Gasteiger partial charge in [-0.05, 0) is 41.8 Å². The topological polar surface area (TPSA) is 41.6 Å². The highest BCUT2D eigenvalue weighted by Crippen LogP contribution is 2.48. The van der Waals surface area contributed by atoms with Crippen molar-refractivity contribution in [1.82, 2.24) is 4.90 Å². The lowest BCUT2D eigenvalue weighted by Crippen LogP contribution is -2.40. The van der Waals surface area contributed by atoms with E-state index in [1.165, 1.54) is 4.90 Å². The van der Waals surface area contributed by atoms with E-state index in [1.54, 1.807) is 24.3 Å². The predicted molar refractivity (Wildman–Crippen MR) is 136 cm³/mol. The number of halogens is 6. The van der Waals surface area contributed by atoms with Crippen molar-refractivity contribution in [2.24, 2.45) is 0 Å². The van der Waals surface area contributed by atoms with Crippen LogP contribution in [-0.4, -0.2) is 37.1 Å². The number of aryl methyl sites for hydroxylation is 1. The maximum absolute atomic E-state index is 14.2. The molecular formula is C28H26F6N2O2S. The van der Waals surface area contributed by atoms with E-state index in [9.17, 15) is 31.1 Å². The van der Waals surface area contributed by atoms with Gasteiger partial charge in [0, 0.05) is 41.5 Å². The summed E-state index contributed by atoms with van der Waals surface area (Å²) in [6, 6.07) is 18.0. The van der Waals surface area contributed by atoms with Crippen molar-refractivity contribution in [3.8, 4) is 0 Å². The molecule has 1 N–H and O–H groups in total. The summed E-state index contributed by atoms with van der Waals surface area (Å²) in [4.78, 5) is 13.7. The van der Waals surface area contributed by atoms with Gasteiger partial charge in [-0.1, -0.05) is 54.2 Å². The van der Waals surface area contributed by atoms with E-state index in [0.717, 1.165) is 17.7 Å². The Bertz CT molecular complexity index is 1280. The Balaban J connectivity index is 1.60. The smallest absolute Gasteiger partial charge is 0.381 e. The van der Waals surface area contributed by atoms with Gasteiger partial charge in [0.15, 0.2) is 0 Å². The molecule has 1 aliphatic heterocycles. The third kappa shape index (κ3) is 7.69. The maximum atomic E-state index is 14.2. The number of hydrogen-bond donors (Lipinski definition) is 1. The molecule has 1 aliphatic rings. The van der Waals surface area contributed by atoms with Gasteiger partial charge in [0.05, 0.1) is 24.3 Å². The van der Waals surface area contributed by atoms with E-state index in [-0.39, 0.29) is 6.42 Å². The normalized spacial score (nSPS) is 14.4. The average Bonchev–Trinajstić information content (AvgIpc) is 2.91. The van der Waals surface area contributed by atoms with Crippen LogP contribution in [0.15, 0.2) is 76.5 Å². The van der Waals surface area contributed by atoms with E-state index in [0.29, 0.717) is 55.2 Å². The Morgan fingerprint density at radius 2 is 1.56 bits per heavy atom. The van der Waals surface area contributed by atoms with Gasteiger partial charge in [0.1, 0.15) is 0 Å². The second-order valence-corrected chi connectivity index (χ2v) is 10.0. The standard InChI is InChI=1S/C28H26F6N2O2S/c29-27(30,31)25-20(10-12-24(37)36-13-15-38-16-14-36)9-11-23(26(25)28(32,33)34)39-22-8-4-7-21(17-22)35-18-19-5-2-1-3-6-19/h1-9,11,17,35H,10,12-16,18H2. The summed E-state index contributed by atoms with van der Waals surface area (Å²) in [5.41, 5.74) is -2.43. The second kappa shape index (κ2) is 12.3. The minimum atomic E-state index is -5.27. The Kier molecular flexibility index (Phi) is 9.12. The summed E-state index contributed by atoms with van der Waals surface area (Å²) in [5.74, 6) is -0.418. The summed E-state index contributed by atoms with van der Waals surface area (Å²) < 4.78 is 90.1. The number of carbonyl (C=O) groups is 1. The molecule has 1 saturated heterocycles. The highest BCUT2D eigenvalue weighted by molar-refractivity contribution is 7.99. The summed E-state index contributed by atoms with van der Waals surface area (Å²) in [6.07, 6.45) is -11.3. The van der Waals surface area contributed by atoms with E-state index < -0.39 is 46.3 Å². The molecule has 3 aromatic rings. The van der Waals surface area contributed by atoms with Crippen LogP contribution in [0.1, 0.15) is 28.7 Å². The zero-order valence-corrected chi connectivity index (χ0v) is 21.6. The van der Waals surface area contributed by atoms with Crippen LogP contribution < -0.4 is 5.32 Å². The van der Waals surface area contributed by atoms with Crippen LogP contribution in [0.2, 0.25) is 0 Å². The van der Waals surface area contributed by atoms with E-state index in [1.807, 2.05) is 30.3 Å². The Labute approximate surface area is 226 Å². The zero-order valence-electron chi connectivity index (χ0n) is 20.7. The van der Waals surface area contributed by atoms with Gasteiger partial charge in [0.25, 0.3) is 0 Å². The molecule has 3 aromatic carbocycles. The number of amides is 1. The fourth-order valence-corrected chi connectivity index (χ4v) is 5.38. The number of hydrogen-bond acceptors (Lipinski definition) is 4. The molecule has 1 fully saturated rings. The molecule has 0 spiro atoms. The number of alkyl halides is 6. The van der Waals surface area contributed by atoms with Gasteiger partial charge < -0.3 is 15.0 Å². The van der Waals surface area contributed by atoms with Crippen LogP contribution in [0.5, 0.6) is 0 Å². The van der Waals surface area contributed by atoms with E-state index in [2.05, 4.69) is 5.32 Å². The summed E-state index contributed by atoms with van der Waals surface area (Å²) in [7, 11) is 0. The highest BCUT2D eigenvalue weighted by atomic mass is 32.2. The number of anilines is 1. The fourth-order valence-electron chi connectivity index (χ4n) is 4.33. The first-order valence-electron chi connectivity index (χ1n) is 12.2. The minimum absolute atomic E-state index is 0.299. The lowest BCUT2D eigenvalue weighted by molar-refractivity contribution is -0.164. The van der Waals surface area contributed by atoms with E-state index in [4.69, 9.17) is 4.74 Å². The first-order chi connectivity index (χ1) is 18.5. The summed E-state index contributed by atoms with van der Waals surface area (Å²) >= 11 is 0.614. The van der Waals surface area contributed by atoms with Crippen LogP contribution >= 0.6 is 11.8 Å². The van der Waals surface area contributed by atoms with Crippen molar-refractivity contribution < 1.29 is 35.9 Å². The Hall–Kier alpha value is -3.18. The molecule has 4 nitrogen and oxygen atoms in total. The second-order valence-electron chi connectivity index (χ2n) is 8.93. The maximum Gasteiger partial charge on any atom is 0.418 e. The largest absolute Gasteiger partial charge is 0.418 e. The van der Waals surface area contributed by atoms with Gasteiger partial charge in [0.2, 0.25) is 5.91 Å². The number of nitrogens with zero attached hydrogens (tertiary/aromatic N) is 1. The molecule has 1 amide bonds. The van der Waals surface area contributed by atoms with Crippen molar-refractivity contribution in [2.75, 3.05) is 31.6 Å². The Morgan fingerprint density at radius 3 is 2.23 bits per heavy atom. The number of rotatable bonds is 8. The van der Waals surface area contributed by atoms with Gasteiger partial charge in [-0.25, -0.2) is 0 Å². The summed E-state index contributed by atoms with van der Waals surface area (Å²) in [5, 5.41) is 3.17. The molecule has 4 rings (SSSR count). The van der Waals surface area contributed by atoms with Gasteiger partial charge in [-0.15, -0.1) is 0 Å². The molecule has 0 unspecified atom stereocenters. The van der Waals surface area contributed by atoms with Gasteiger partial charge >= 0.3 is 12.4 Å². The monoisotopic (exact) mass is 568 g/mol. The molecule has 0 aliphatic carbocycles. The molecule has 0 bridgehead atoms. The third-order valence-electron chi connectivity index (χ3n) is 6.19. The van der Waals surface area contributed by atoms with Gasteiger partial charge in [-0.2, -0.15) is 26.3 Å². The molecule has 0 radical (unpaired) electrons. The first kappa shape index (κ1) is 28.8. The molecule has 208 valence electrons. The van der Waals surface area contributed by atoms with Crippen molar-refractivity contribution in [2.45, 2.75) is 41.5 Å². The number of morpholine rings is 1. The van der Waals surface area contributed by atoms with Crippen molar-refractivity contribution in [3.63, 3.8) is 0 Å². The van der Waals surface area contributed by atoms with Crippen molar-refractivity contribution in [3.05, 3.63) is 89.0 Å². The first-order valence-corrected chi connectivity index (χ1v) is 13.1. The lowest BCUT2D eigenvalue weighted by atomic mass is 9.96. The van der Waals surface area contributed by atoms with Crippen LogP contribution in [-0.2, 0) is 34.8 Å². The van der Waals surface area contributed by atoms with Crippen LogP contribution in [0.25, 0.3) is 0 Å². The summed E-state index contributed by atoms with van der Waals surface area (Å²) in [6.45, 7) is 1.69.